The Morgan fingerprint density at radius 3 is 3.16 bits per heavy atom. The Labute approximate surface area is 142 Å². The summed E-state index contributed by atoms with van der Waals surface area (Å²) in [6, 6.07) is 7.45. The van der Waals surface area contributed by atoms with Gasteiger partial charge in [0, 0.05) is 30.3 Å². The highest BCUT2D eigenvalue weighted by Gasteiger charge is 2.28. The predicted molar refractivity (Wildman–Crippen MR) is 86.8 cm³/mol. The van der Waals surface area contributed by atoms with Crippen molar-refractivity contribution in [2.24, 2.45) is 0 Å². The highest BCUT2D eigenvalue weighted by molar-refractivity contribution is 5.83. The second-order valence-electron chi connectivity index (χ2n) is 5.78. The van der Waals surface area contributed by atoms with Crippen LogP contribution in [0.1, 0.15) is 23.2 Å². The number of benzene rings is 1. The summed E-state index contributed by atoms with van der Waals surface area (Å²) in [5, 5.41) is 9.81. The summed E-state index contributed by atoms with van der Waals surface area (Å²) >= 11 is 0. The average Bonchev–Trinajstić information content (AvgIpc) is 3.29. The summed E-state index contributed by atoms with van der Waals surface area (Å²) < 4.78 is 19.0. The number of halogens is 1. The zero-order valence-corrected chi connectivity index (χ0v) is 13.3. The van der Waals surface area contributed by atoms with Crippen molar-refractivity contribution in [2.75, 3.05) is 6.54 Å². The van der Waals surface area contributed by atoms with E-state index in [1.54, 1.807) is 30.6 Å². The molecule has 25 heavy (non-hydrogen) atoms. The van der Waals surface area contributed by atoms with E-state index in [9.17, 15) is 9.18 Å². The van der Waals surface area contributed by atoms with Crippen LogP contribution in [-0.2, 0) is 17.8 Å². The molecule has 0 saturated heterocycles. The van der Waals surface area contributed by atoms with Gasteiger partial charge in [0.15, 0.2) is 5.76 Å². The minimum atomic E-state index is -0.496. The molecular weight excluding hydrogens is 325 g/mol. The van der Waals surface area contributed by atoms with Crippen molar-refractivity contribution in [1.29, 1.82) is 0 Å². The maximum absolute atomic E-state index is 13.8. The largest absolute Gasteiger partial charge is 0.359 e. The smallest absolute Gasteiger partial charge is 0.243 e. The number of rotatable bonds is 4. The summed E-state index contributed by atoms with van der Waals surface area (Å²) in [4.78, 5) is 19.7. The summed E-state index contributed by atoms with van der Waals surface area (Å²) in [7, 11) is 0. The van der Waals surface area contributed by atoms with Crippen molar-refractivity contribution in [2.45, 2.75) is 19.0 Å². The SMILES string of the molecule is O=C(NCc1cc(-c2ccccc2F)no1)[C@H]1NCCc2[nH]cnc21. The van der Waals surface area contributed by atoms with Crippen molar-refractivity contribution in [3.8, 4) is 11.3 Å². The molecule has 1 amide bonds. The van der Waals surface area contributed by atoms with E-state index >= 15 is 0 Å². The molecule has 2 aromatic heterocycles. The summed E-state index contributed by atoms with van der Waals surface area (Å²) in [6.07, 6.45) is 2.41. The highest BCUT2D eigenvalue weighted by atomic mass is 19.1. The lowest BCUT2D eigenvalue weighted by Gasteiger charge is -2.21. The van der Waals surface area contributed by atoms with Crippen molar-refractivity contribution >= 4 is 5.91 Å². The Kier molecular flexibility index (Phi) is 4.02. The Hall–Kier alpha value is -3.00. The van der Waals surface area contributed by atoms with E-state index in [1.165, 1.54) is 6.07 Å². The van der Waals surface area contributed by atoms with Gasteiger partial charge >= 0.3 is 0 Å². The van der Waals surface area contributed by atoms with Gasteiger partial charge in [0.2, 0.25) is 5.91 Å². The van der Waals surface area contributed by atoms with E-state index in [0.717, 1.165) is 12.1 Å². The Morgan fingerprint density at radius 1 is 1.40 bits per heavy atom. The van der Waals surface area contributed by atoms with Crippen molar-refractivity contribution in [3.63, 3.8) is 0 Å². The number of aromatic amines is 1. The van der Waals surface area contributed by atoms with Gasteiger partial charge in [-0.3, -0.25) is 4.79 Å². The molecule has 128 valence electrons. The zero-order chi connectivity index (χ0) is 17.2. The molecule has 0 spiro atoms. The molecular formula is C17H16FN5O2. The van der Waals surface area contributed by atoms with Crippen LogP contribution in [0.5, 0.6) is 0 Å². The number of carbonyl (C=O) groups is 1. The highest BCUT2D eigenvalue weighted by Crippen LogP contribution is 2.22. The van der Waals surface area contributed by atoms with E-state index in [2.05, 4.69) is 25.8 Å². The fraction of sp³-hybridized carbons (Fsp3) is 0.235. The minimum Gasteiger partial charge on any atom is -0.359 e. The number of nitrogens with zero attached hydrogens (tertiary/aromatic N) is 2. The van der Waals surface area contributed by atoms with E-state index in [-0.39, 0.29) is 18.3 Å². The Bertz CT molecular complexity index is 904. The van der Waals surface area contributed by atoms with Crippen LogP contribution in [0.2, 0.25) is 0 Å². The summed E-state index contributed by atoms with van der Waals surface area (Å²) in [5.41, 5.74) is 2.44. The number of nitrogens with one attached hydrogen (secondary N) is 3. The van der Waals surface area contributed by atoms with Gasteiger partial charge in [-0.05, 0) is 12.1 Å². The molecule has 3 N–H and O–H groups in total. The van der Waals surface area contributed by atoms with Crippen LogP contribution < -0.4 is 10.6 Å². The maximum Gasteiger partial charge on any atom is 0.243 e. The lowest BCUT2D eigenvalue weighted by molar-refractivity contribution is -0.123. The number of hydrogen-bond donors (Lipinski definition) is 3. The lowest BCUT2D eigenvalue weighted by Crippen LogP contribution is -2.41. The normalized spacial score (nSPS) is 16.4. The molecule has 3 heterocycles. The number of amides is 1. The predicted octanol–water partition coefficient (Wildman–Crippen LogP) is 1.71. The van der Waals surface area contributed by atoms with Crippen LogP contribution in [0, 0.1) is 5.82 Å². The average molecular weight is 341 g/mol. The van der Waals surface area contributed by atoms with Gasteiger partial charge in [-0.1, -0.05) is 17.3 Å². The third kappa shape index (κ3) is 3.03. The van der Waals surface area contributed by atoms with Gasteiger partial charge in [0.05, 0.1) is 18.6 Å². The summed E-state index contributed by atoms with van der Waals surface area (Å²) in [5.74, 6) is -0.120. The van der Waals surface area contributed by atoms with Crippen molar-refractivity contribution < 1.29 is 13.7 Å². The van der Waals surface area contributed by atoms with Gasteiger partial charge in [-0.2, -0.15) is 0 Å². The molecule has 0 aliphatic carbocycles. The van der Waals surface area contributed by atoms with Crippen LogP contribution in [0.4, 0.5) is 4.39 Å². The van der Waals surface area contributed by atoms with Gasteiger partial charge < -0.3 is 20.1 Å². The first-order chi connectivity index (χ1) is 12.2. The molecule has 0 unspecified atom stereocenters. The fourth-order valence-corrected chi connectivity index (χ4v) is 2.90. The maximum atomic E-state index is 13.8. The van der Waals surface area contributed by atoms with E-state index in [1.807, 2.05) is 0 Å². The Balaban J connectivity index is 1.43. The molecule has 7 nitrogen and oxygen atoms in total. The number of carbonyl (C=O) groups excluding carboxylic acids is 1. The second-order valence-corrected chi connectivity index (χ2v) is 5.78. The first-order valence-corrected chi connectivity index (χ1v) is 7.96. The minimum absolute atomic E-state index is 0.165. The molecule has 3 aromatic rings. The molecule has 1 aliphatic rings. The van der Waals surface area contributed by atoms with E-state index in [0.29, 0.717) is 29.3 Å². The molecule has 0 radical (unpaired) electrons. The fourth-order valence-electron chi connectivity index (χ4n) is 2.90. The first-order valence-electron chi connectivity index (χ1n) is 7.96. The zero-order valence-electron chi connectivity index (χ0n) is 13.3. The topological polar surface area (TPSA) is 95.8 Å². The van der Waals surface area contributed by atoms with Gasteiger partial charge in [0.1, 0.15) is 17.6 Å². The molecule has 4 rings (SSSR count). The van der Waals surface area contributed by atoms with Gasteiger partial charge in [-0.25, -0.2) is 9.37 Å². The van der Waals surface area contributed by atoms with Crippen molar-refractivity contribution in [1.82, 2.24) is 25.8 Å². The number of hydrogen-bond acceptors (Lipinski definition) is 5. The van der Waals surface area contributed by atoms with Gasteiger partial charge in [-0.15, -0.1) is 0 Å². The van der Waals surface area contributed by atoms with Gasteiger partial charge in [0.25, 0.3) is 0 Å². The lowest BCUT2D eigenvalue weighted by atomic mass is 10.1. The molecule has 1 aliphatic heterocycles. The molecule has 1 aromatic carbocycles. The van der Waals surface area contributed by atoms with E-state index < -0.39 is 6.04 Å². The number of H-pyrrole nitrogens is 1. The van der Waals surface area contributed by atoms with Crippen LogP contribution in [0.15, 0.2) is 41.2 Å². The third-order valence-corrected chi connectivity index (χ3v) is 4.16. The second kappa shape index (κ2) is 6.48. The molecule has 1 atom stereocenters. The summed E-state index contributed by atoms with van der Waals surface area (Å²) in [6.45, 7) is 0.866. The standard InChI is InChI=1S/C17H16FN5O2/c18-12-4-2-1-3-11(12)14-7-10(25-23-14)8-20-17(24)16-15-13(5-6-19-16)21-9-22-15/h1-4,7,9,16,19H,5-6,8H2,(H,20,24)(H,21,22)/t16-/m0/s1. The van der Waals surface area contributed by atoms with E-state index in [4.69, 9.17) is 4.52 Å². The monoisotopic (exact) mass is 341 g/mol. The molecule has 0 saturated carbocycles. The molecule has 8 heteroatoms. The number of imidazole rings is 1. The number of aromatic nitrogens is 3. The van der Waals surface area contributed by atoms with Crippen LogP contribution >= 0.6 is 0 Å². The quantitative estimate of drug-likeness (QED) is 0.671. The van der Waals surface area contributed by atoms with Crippen LogP contribution in [0.3, 0.4) is 0 Å². The molecule has 0 fully saturated rings. The number of fused-ring (bicyclic) bond motifs is 1. The van der Waals surface area contributed by atoms with Crippen LogP contribution in [-0.4, -0.2) is 27.6 Å². The van der Waals surface area contributed by atoms with Crippen LogP contribution in [0.25, 0.3) is 11.3 Å². The van der Waals surface area contributed by atoms with Crippen molar-refractivity contribution in [3.05, 3.63) is 59.6 Å². The third-order valence-electron chi connectivity index (χ3n) is 4.16. The first kappa shape index (κ1) is 15.5. The Morgan fingerprint density at radius 2 is 2.28 bits per heavy atom. The molecule has 0 bridgehead atoms.